The highest BCUT2D eigenvalue weighted by Gasteiger charge is 2.28. The van der Waals surface area contributed by atoms with E-state index in [0.29, 0.717) is 0 Å². The lowest BCUT2D eigenvalue weighted by Gasteiger charge is -2.10. The molecule has 17 heavy (non-hydrogen) atoms. The number of nitrogens with one attached hydrogen (secondary N) is 2. The number of ether oxygens (including phenoxy) is 1. The molecule has 0 aliphatic carbocycles. The highest BCUT2D eigenvalue weighted by Crippen LogP contribution is 2.14. The molecular formula is C12H14N2O3. The van der Waals surface area contributed by atoms with Crippen molar-refractivity contribution in [2.45, 2.75) is 19.9 Å². The van der Waals surface area contributed by atoms with E-state index in [4.69, 9.17) is 0 Å². The van der Waals surface area contributed by atoms with Gasteiger partial charge in [-0.1, -0.05) is 6.07 Å². The van der Waals surface area contributed by atoms with Gasteiger partial charge in [0.25, 0.3) is 5.91 Å². The maximum atomic E-state index is 11.8. The van der Waals surface area contributed by atoms with Gasteiger partial charge in [0.2, 0.25) is 0 Å². The van der Waals surface area contributed by atoms with Crippen LogP contribution in [0.1, 0.15) is 11.1 Å². The second kappa shape index (κ2) is 4.45. The minimum atomic E-state index is -0.608. The normalized spacial score (nSPS) is 18.5. The number of amides is 2. The molecule has 1 heterocycles. The molecule has 1 aromatic rings. The largest absolute Gasteiger partial charge is 0.447 e. The molecule has 90 valence electrons. The second-order valence-corrected chi connectivity index (χ2v) is 4.16. The molecule has 1 aliphatic heterocycles. The van der Waals surface area contributed by atoms with Crippen LogP contribution in [0.5, 0.6) is 0 Å². The van der Waals surface area contributed by atoms with Crippen molar-refractivity contribution >= 4 is 17.7 Å². The summed E-state index contributed by atoms with van der Waals surface area (Å²) in [7, 11) is 0. The fourth-order valence-corrected chi connectivity index (χ4v) is 1.80. The number of cyclic esters (lactones) is 1. The van der Waals surface area contributed by atoms with E-state index in [0.717, 1.165) is 16.8 Å². The van der Waals surface area contributed by atoms with Gasteiger partial charge in [-0.3, -0.25) is 4.79 Å². The van der Waals surface area contributed by atoms with Gasteiger partial charge in [0, 0.05) is 5.69 Å². The van der Waals surface area contributed by atoms with E-state index in [9.17, 15) is 9.59 Å². The first-order valence-corrected chi connectivity index (χ1v) is 5.37. The zero-order chi connectivity index (χ0) is 12.4. The Kier molecular flexibility index (Phi) is 2.99. The van der Waals surface area contributed by atoms with Gasteiger partial charge >= 0.3 is 6.09 Å². The summed E-state index contributed by atoms with van der Waals surface area (Å²) in [4.78, 5) is 22.6. The molecule has 1 aliphatic rings. The number of rotatable bonds is 2. The van der Waals surface area contributed by atoms with Crippen molar-refractivity contribution in [3.63, 3.8) is 0 Å². The van der Waals surface area contributed by atoms with Gasteiger partial charge in [-0.15, -0.1) is 0 Å². The summed E-state index contributed by atoms with van der Waals surface area (Å²) >= 11 is 0. The van der Waals surface area contributed by atoms with Gasteiger partial charge in [-0.25, -0.2) is 4.79 Å². The van der Waals surface area contributed by atoms with Gasteiger partial charge in [-0.2, -0.15) is 0 Å². The molecular weight excluding hydrogens is 220 g/mol. The molecule has 0 bridgehead atoms. The van der Waals surface area contributed by atoms with Crippen LogP contribution in [0.15, 0.2) is 18.2 Å². The fourth-order valence-electron chi connectivity index (χ4n) is 1.80. The maximum absolute atomic E-state index is 11.8. The molecule has 0 saturated carbocycles. The quantitative estimate of drug-likeness (QED) is 0.811. The van der Waals surface area contributed by atoms with E-state index < -0.39 is 12.1 Å². The first-order valence-electron chi connectivity index (χ1n) is 5.37. The highest BCUT2D eigenvalue weighted by atomic mass is 16.6. The molecule has 1 fully saturated rings. The van der Waals surface area contributed by atoms with Gasteiger partial charge in [0.15, 0.2) is 0 Å². The zero-order valence-corrected chi connectivity index (χ0v) is 9.74. The molecule has 2 N–H and O–H groups in total. The molecule has 0 aromatic heterocycles. The minimum Gasteiger partial charge on any atom is -0.447 e. The summed E-state index contributed by atoms with van der Waals surface area (Å²) in [6.07, 6.45) is -0.550. The van der Waals surface area contributed by atoms with Crippen LogP contribution in [-0.4, -0.2) is 24.6 Å². The Morgan fingerprint density at radius 3 is 2.53 bits per heavy atom. The number of alkyl carbamates (subject to hydrolysis) is 1. The minimum absolute atomic E-state index is 0.0788. The molecule has 5 nitrogen and oxygen atoms in total. The van der Waals surface area contributed by atoms with Crippen LogP contribution in [0.3, 0.4) is 0 Å². The lowest BCUT2D eigenvalue weighted by Crippen LogP contribution is -2.38. The zero-order valence-electron chi connectivity index (χ0n) is 9.74. The van der Waals surface area contributed by atoms with Crippen LogP contribution < -0.4 is 10.6 Å². The van der Waals surface area contributed by atoms with Crippen molar-refractivity contribution in [2.75, 3.05) is 11.9 Å². The van der Waals surface area contributed by atoms with E-state index >= 15 is 0 Å². The number of hydrogen-bond donors (Lipinski definition) is 2. The van der Waals surface area contributed by atoms with Crippen LogP contribution in [0.25, 0.3) is 0 Å². The van der Waals surface area contributed by atoms with Crippen molar-refractivity contribution in [3.8, 4) is 0 Å². The number of carbonyl (C=O) groups excluding carboxylic acids is 2. The molecule has 5 heteroatoms. The second-order valence-electron chi connectivity index (χ2n) is 4.16. The lowest BCUT2D eigenvalue weighted by atomic mass is 10.1. The summed E-state index contributed by atoms with van der Waals surface area (Å²) < 4.78 is 4.66. The first kappa shape index (κ1) is 11.4. The molecule has 2 amide bonds. The van der Waals surface area contributed by atoms with Crippen LogP contribution in [0, 0.1) is 13.8 Å². The van der Waals surface area contributed by atoms with Crippen molar-refractivity contribution in [2.24, 2.45) is 0 Å². The monoisotopic (exact) mass is 234 g/mol. The smallest absolute Gasteiger partial charge is 0.407 e. The number of carbonyl (C=O) groups is 2. The van der Waals surface area contributed by atoms with Crippen molar-refractivity contribution < 1.29 is 14.3 Å². The highest BCUT2D eigenvalue weighted by molar-refractivity contribution is 5.97. The molecule has 1 saturated heterocycles. The van der Waals surface area contributed by atoms with Crippen molar-refractivity contribution in [1.82, 2.24) is 5.32 Å². The molecule has 1 atom stereocenters. The number of hydrogen-bond acceptors (Lipinski definition) is 3. The Hall–Kier alpha value is -2.04. The Morgan fingerprint density at radius 1 is 1.35 bits per heavy atom. The van der Waals surface area contributed by atoms with Gasteiger partial charge in [0.1, 0.15) is 12.6 Å². The third-order valence-corrected chi connectivity index (χ3v) is 2.48. The third-order valence-electron chi connectivity index (χ3n) is 2.48. The summed E-state index contributed by atoms with van der Waals surface area (Å²) in [5.74, 6) is -0.263. The van der Waals surface area contributed by atoms with Crippen molar-refractivity contribution in [3.05, 3.63) is 29.3 Å². The number of aryl methyl sites for hydroxylation is 2. The van der Waals surface area contributed by atoms with E-state index in [2.05, 4.69) is 15.4 Å². The summed E-state index contributed by atoms with van der Waals surface area (Å²) in [5, 5.41) is 5.18. The fraction of sp³-hybridized carbons (Fsp3) is 0.333. The lowest BCUT2D eigenvalue weighted by molar-refractivity contribution is -0.117. The molecule has 2 rings (SSSR count). The summed E-state index contributed by atoms with van der Waals surface area (Å²) in [5.41, 5.74) is 2.88. The maximum Gasteiger partial charge on any atom is 0.407 e. The average Bonchev–Trinajstić information content (AvgIpc) is 2.63. The van der Waals surface area contributed by atoms with E-state index in [1.807, 2.05) is 32.0 Å². The standard InChI is InChI=1S/C12H14N2O3/c1-7-3-8(2)5-9(4-7)13-11(15)10-6-17-12(16)14-10/h3-5,10H,6H2,1-2H3,(H,13,15)(H,14,16). The van der Waals surface area contributed by atoms with Gasteiger partial charge in [0.05, 0.1) is 0 Å². The SMILES string of the molecule is Cc1cc(C)cc(NC(=O)C2COC(=O)N2)c1. The topological polar surface area (TPSA) is 67.4 Å². The predicted molar refractivity (Wildman–Crippen MR) is 62.8 cm³/mol. The van der Waals surface area contributed by atoms with Crippen LogP contribution in [0.2, 0.25) is 0 Å². The number of anilines is 1. The van der Waals surface area contributed by atoms with Gasteiger partial charge in [-0.05, 0) is 37.1 Å². The van der Waals surface area contributed by atoms with E-state index in [-0.39, 0.29) is 12.5 Å². The van der Waals surface area contributed by atoms with Crippen molar-refractivity contribution in [1.29, 1.82) is 0 Å². The molecule has 0 spiro atoms. The van der Waals surface area contributed by atoms with Crippen LogP contribution in [0.4, 0.5) is 10.5 Å². The van der Waals surface area contributed by atoms with E-state index in [1.165, 1.54) is 0 Å². The Labute approximate surface area is 99.2 Å². The Bertz CT molecular complexity index is 451. The molecule has 1 aromatic carbocycles. The first-order chi connectivity index (χ1) is 8.04. The Morgan fingerprint density at radius 2 is 2.00 bits per heavy atom. The van der Waals surface area contributed by atoms with Crippen LogP contribution in [-0.2, 0) is 9.53 Å². The Balaban J connectivity index is 2.05. The molecule has 0 radical (unpaired) electrons. The summed E-state index contributed by atoms with van der Waals surface area (Å²) in [6.45, 7) is 4.00. The van der Waals surface area contributed by atoms with Crippen LogP contribution >= 0.6 is 0 Å². The summed E-state index contributed by atoms with van der Waals surface area (Å²) in [6, 6.07) is 5.17. The average molecular weight is 234 g/mol. The van der Waals surface area contributed by atoms with E-state index in [1.54, 1.807) is 0 Å². The number of benzene rings is 1. The third kappa shape index (κ3) is 2.75. The predicted octanol–water partition coefficient (Wildman–Crippen LogP) is 1.35. The van der Waals surface area contributed by atoms with Gasteiger partial charge < -0.3 is 15.4 Å². The molecule has 1 unspecified atom stereocenters.